The summed E-state index contributed by atoms with van der Waals surface area (Å²) in [6.45, 7) is 0.433. The van der Waals surface area contributed by atoms with Crippen molar-refractivity contribution >= 4 is 11.0 Å². The summed E-state index contributed by atoms with van der Waals surface area (Å²) in [4.78, 5) is 0. The van der Waals surface area contributed by atoms with Crippen molar-refractivity contribution in [3.8, 4) is 0 Å². The molecule has 0 aliphatic rings. The van der Waals surface area contributed by atoms with Crippen molar-refractivity contribution in [2.75, 3.05) is 20.3 Å². The van der Waals surface area contributed by atoms with E-state index in [9.17, 15) is 4.39 Å². The molecule has 2 N–H and O–H groups in total. The molecule has 0 saturated heterocycles. The molecule has 0 radical (unpaired) electrons. The van der Waals surface area contributed by atoms with Crippen molar-refractivity contribution in [2.45, 2.75) is 18.5 Å². The molecule has 2 rings (SSSR count). The zero-order valence-corrected chi connectivity index (χ0v) is 10.5. The third kappa shape index (κ3) is 2.54. The Bertz CT molecular complexity index is 478. The fraction of sp³-hybridized carbons (Fsp3) is 0.429. The fourth-order valence-corrected chi connectivity index (χ4v) is 2.08. The van der Waals surface area contributed by atoms with Crippen LogP contribution in [0, 0.1) is 0 Å². The van der Waals surface area contributed by atoms with Crippen molar-refractivity contribution in [1.29, 1.82) is 0 Å². The Morgan fingerprint density at radius 3 is 2.83 bits per heavy atom. The van der Waals surface area contributed by atoms with Gasteiger partial charge in [-0.2, -0.15) is 0 Å². The lowest BCUT2D eigenvalue weighted by molar-refractivity contribution is 0.0152. The number of furan rings is 1. The van der Waals surface area contributed by atoms with E-state index in [4.69, 9.17) is 14.9 Å². The first-order valence-electron chi connectivity index (χ1n) is 6.06. The molecule has 0 saturated carbocycles. The Hall–Kier alpha value is -1.39. The van der Waals surface area contributed by atoms with E-state index in [1.54, 1.807) is 6.07 Å². The van der Waals surface area contributed by atoms with Gasteiger partial charge in [0.15, 0.2) is 5.67 Å². The Labute approximate surface area is 106 Å². The highest BCUT2D eigenvalue weighted by atomic mass is 19.1. The summed E-state index contributed by atoms with van der Waals surface area (Å²) < 4.78 is 25.4. The number of hydrogen-bond acceptors (Lipinski definition) is 3. The molecule has 0 aliphatic heterocycles. The first kappa shape index (κ1) is 13.1. The van der Waals surface area contributed by atoms with Crippen LogP contribution in [0.3, 0.4) is 0 Å². The van der Waals surface area contributed by atoms with Gasteiger partial charge in [-0.15, -0.1) is 0 Å². The van der Waals surface area contributed by atoms with Crippen molar-refractivity contribution in [3.05, 3.63) is 36.1 Å². The predicted octanol–water partition coefficient (Wildman–Crippen LogP) is 2.98. The lowest BCUT2D eigenvalue weighted by Crippen LogP contribution is -2.26. The van der Waals surface area contributed by atoms with E-state index in [2.05, 4.69) is 0 Å². The number of para-hydroxylation sites is 1. The first-order chi connectivity index (χ1) is 8.69. The van der Waals surface area contributed by atoms with E-state index in [1.165, 1.54) is 7.11 Å². The molecule has 18 heavy (non-hydrogen) atoms. The molecule has 1 heterocycles. The Morgan fingerprint density at radius 2 is 2.17 bits per heavy atom. The monoisotopic (exact) mass is 251 g/mol. The van der Waals surface area contributed by atoms with Crippen molar-refractivity contribution in [1.82, 2.24) is 0 Å². The second-order valence-electron chi connectivity index (χ2n) is 4.44. The number of alkyl halides is 1. The Kier molecular flexibility index (Phi) is 3.99. The van der Waals surface area contributed by atoms with Crippen LogP contribution in [0.1, 0.15) is 18.6 Å². The Morgan fingerprint density at radius 1 is 1.39 bits per heavy atom. The quantitative estimate of drug-likeness (QED) is 0.858. The van der Waals surface area contributed by atoms with E-state index in [0.29, 0.717) is 30.7 Å². The molecular weight excluding hydrogens is 233 g/mol. The van der Waals surface area contributed by atoms with E-state index in [0.717, 1.165) is 5.39 Å². The average Bonchev–Trinajstić information content (AvgIpc) is 2.81. The molecule has 98 valence electrons. The van der Waals surface area contributed by atoms with Crippen LogP contribution in [0.15, 0.2) is 34.7 Å². The molecule has 0 amide bonds. The summed E-state index contributed by atoms with van der Waals surface area (Å²) in [7, 11) is 1.49. The Balaban J connectivity index is 2.34. The molecule has 0 fully saturated rings. The number of ether oxygens (including phenoxy) is 1. The molecule has 1 unspecified atom stereocenters. The van der Waals surface area contributed by atoms with E-state index < -0.39 is 5.67 Å². The van der Waals surface area contributed by atoms with Crippen molar-refractivity contribution < 1.29 is 13.5 Å². The van der Waals surface area contributed by atoms with Gasteiger partial charge in [-0.1, -0.05) is 18.2 Å². The lowest BCUT2D eigenvalue weighted by atomic mass is 9.97. The van der Waals surface area contributed by atoms with Gasteiger partial charge in [-0.05, 0) is 31.5 Å². The maximum absolute atomic E-state index is 14.9. The van der Waals surface area contributed by atoms with Crippen LogP contribution >= 0.6 is 0 Å². The van der Waals surface area contributed by atoms with Gasteiger partial charge in [0.25, 0.3) is 0 Å². The predicted molar refractivity (Wildman–Crippen MR) is 69.2 cm³/mol. The fourth-order valence-electron chi connectivity index (χ4n) is 2.08. The number of nitrogens with two attached hydrogens (primary N) is 1. The van der Waals surface area contributed by atoms with Crippen LogP contribution in [0.4, 0.5) is 4.39 Å². The number of methoxy groups -OCH3 is 1. The van der Waals surface area contributed by atoms with Gasteiger partial charge in [0.1, 0.15) is 11.3 Å². The normalized spacial score (nSPS) is 14.8. The highest BCUT2D eigenvalue weighted by Gasteiger charge is 2.35. The largest absolute Gasteiger partial charge is 0.458 e. The van der Waals surface area contributed by atoms with E-state index in [1.807, 2.05) is 24.3 Å². The molecular formula is C14H18FNO2. The summed E-state index contributed by atoms with van der Waals surface area (Å²) >= 11 is 0. The standard InChI is InChI=1S/C14H18FNO2/c1-17-10-14(15,7-4-8-16)13-9-11-5-2-3-6-12(11)18-13/h2-3,5-6,9H,4,7-8,10,16H2,1H3. The summed E-state index contributed by atoms with van der Waals surface area (Å²) in [6, 6.07) is 9.24. The maximum atomic E-state index is 14.9. The van der Waals surface area contributed by atoms with Gasteiger partial charge >= 0.3 is 0 Å². The molecule has 0 bridgehead atoms. The minimum atomic E-state index is -1.60. The molecule has 4 heteroatoms. The number of hydrogen-bond donors (Lipinski definition) is 1. The first-order valence-corrected chi connectivity index (χ1v) is 6.06. The number of fused-ring (bicyclic) bond motifs is 1. The minimum absolute atomic E-state index is 0.0210. The lowest BCUT2D eigenvalue weighted by Gasteiger charge is -2.21. The van der Waals surface area contributed by atoms with Crippen molar-refractivity contribution in [3.63, 3.8) is 0 Å². The van der Waals surface area contributed by atoms with Crippen LogP contribution in [0.2, 0.25) is 0 Å². The molecule has 1 aromatic carbocycles. The average molecular weight is 251 g/mol. The summed E-state index contributed by atoms with van der Waals surface area (Å²) in [5.41, 5.74) is 4.54. The van der Waals surface area contributed by atoms with Crippen LogP contribution in [-0.4, -0.2) is 20.3 Å². The smallest absolute Gasteiger partial charge is 0.191 e. The number of halogens is 1. The van der Waals surface area contributed by atoms with E-state index >= 15 is 0 Å². The third-order valence-electron chi connectivity index (χ3n) is 3.02. The van der Waals surface area contributed by atoms with Crippen LogP contribution < -0.4 is 5.73 Å². The zero-order valence-electron chi connectivity index (χ0n) is 10.5. The van der Waals surface area contributed by atoms with Crippen molar-refractivity contribution in [2.24, 2.45) is 5.73 Å². The van der Waals surface area contributed by atoms with Gasteiger partial charge in [0.05, 0.1) is 6.61 Å². The minimum Gasteiger partial charge on any atom is -0.458 e. The van der Waals surface area contributed by atoms with Crippen LogP contribution in [0.25, 0.3) is 11.0 Å². The van der Waals surface area contributed by atoms with Gasteiger partial charge in [0, 0.05) is 12.5 Å². The SMILES string of the molecule is COCC(F)(CCCN)c1cc2ccccc2o1. The second kappa shape index (κ2) is 5.50. The third-order valence-corrected chi connectivity index (χ3v) is 3.02. The molecule has 1 aromatic heterocycles. The maximum Gasteiger partial charge on any atom is 0.191 e. The summed E-state index contributed by atoms with van der Waals surface area (Å²) in [5, 5.41) is 0.901. The number of benzene rings is 1. The molecule has 3 nitrogen and oxygen atoms in total. The second-order valence-corrected chi connectivity index (χ2v) is 4.44. The zero-order chi connectivity index (χ0) is 13.0. The van der Waals surface area contributed by atoms with Gasteiger partial charge in [-0.25, -0.2) is 4.39 Å². The van der Waals surface area contributed by atoms with E-state index in [-0.39, 0.29) is 6.61 Å². The molecule has 0 spiro atoms. The van der Waals surface area contributed by atoms with Gasteiger partial charge < -0.3 is 14.9 Å². The molecule has 1 atom stereocenters. The highest BCUT2D eigenvalue weighted by molar-refractivity contribution is 5.77. The highest BCUT2D eigenvalue weighted by Crippen LogP contribution is 2.35. The van der Waals surface area contributed by atoms with Gasteiger partial charge in [0.2, 0.25) is 0 Å². The van der Waals surface area contributed by atoms with Gasteiger partial charge in [-0.3, -0.25) is 0 Å². The molecule has 2 aromatic rings. The summed E-state index contributed by atoms with van der Waals surface area (Å²) in [6.07, 6.45) is 0.897. The topological polar surface area (TPSA) is 48.4 Å². The van der Waals surface area contributed by atoms with Crippen LogP contribution in [0.5, 0.6) is 0 Å². The summed E-state index contributed by atoms with van der Waals surface area (Å²) in [5.74, 6) is 0.319. The number of rotatable bonds is 6. The van der Waals surface area contributed by atoms with Crippen LogP contribution in [-0.2, 0) is 10.4 Å². The molecule has 0 aliphatic carbocycles.